The molecule has 30 heavy (non-hydrogen) atoms. The number of hydrogen-bond acceptors (Lipinski definition) is 6. The number of aromatic amines is 1. The zero-order valence-corrected chi connectivity index (χ0v) is 16.9. The zero-order chi connectivity index (χ0) is 20.9. The monoisotopic (exact) mass is 398 g/mol. The van der Waals surface area contributed by atoms with E-state index in [4.69, 9.17) is 10.00 Å². The van der Waals surface area contributed by atoms with E-state index >= 15 is 0 Å². The van der Waals surface area contributed by atoms with Crippen LogP contribution in [0, 0.1) is 11.3 Å². The maximum Gasteiger partial charge on any atom is 0.219 e. The van der Waals surface area contributed by atoms with Crippen LogP contribution in [0.15, 0.2) is 55.0 Å². The quantitative estimate of drug-likeness (QED) is 0.481. The number of anilines is 1. The van der Waals surface area contributed by atoms with Gasteiger partial charge in [-0.15, -0.1) is 0 Å². The molecular weight excluding hydrogens is 376 g/mol. The van der Waals surface area contributed by atoms with Gasteiger partial charge in [-0.05, 0) is 38.0 Å². The summed E-state index contributed by atoms with van der Waals surface area (Å²) in [5.74, 6) is 1.61. The molecule has 7 nitrogen and oxygen atoms in total. The lowest BCUT2D eigenvalue weighted by Gasteiger charge is -2.13. The van der Waals surface area contributed by atoms with E-state index in [1.807, 2.05) is 32.2 Å². The van der Waals surface area contributed by atoms with Gasteiger partial charge in [-0.2, -0.15) is 10.2 Å². The van der Waals surface area contributed by atoms with Crippen LogP contribution in [0.5, 0.6) is 5.88 Å². The fraction of sp³-hybridized carbons (Fsp3) is 0.217. The number of fused-ring (bicyclic) bond motifs is 1. The van der Waals surface area contributed by atoms with Crippen molar-refractivity contribution >= 4 is 16.7 Å². The van der Waals surface area contributed by atoms with E-state index in [9.17, 15) is 0 Å². The molecule has 3 heterocycles. The minimum Gasteiger partial charge on any atom is -0.475 e. The lowest BCUT2D eigenvalue weighted by atomic mass is 10.1. The molecule has 7 heteroatoms. The Balaban J connectivity index is 1.56. The predicted octanol–water partition coefficient (Wildman–Crippen LogP) is 4.33. The molecule has 0 aliphatic carbocycles. The third-order valence-corrected chi connectivity index (χ3v) is 4.56. The highest BCUT2D eigenvalue weighted by Gasteiger charge is 2.11. The third-order valence-electron chi connectivity index (χ3n) is 4.56. The second-order valence-electron chi connectivity index (χ2n) is 7.19. The first-order chi connectivity index (χ1) is 14.6. The van der Waals surface area contributed by atoms with Crippen molar-refractivity contribution < 1.29 is 4.74 Å². The smallest absolute Gasteiger partial charge is 0.219 e. The SMILES string of the molecule is CC(C)Oc1cc(NCCc2c[nH]c3ccccc23)nc(-c2cncc(C#N)c2)n1. The normalized spacial score (nSPS) is 10.9. The van der Waals surface area contributed by atoms with Crippen molar-refractivity contribution in [2.75, 3.05) is 11.9 Å². The molecule has 0 saturated heterocycles. The minimum absolute atomic E-state index is 0.0182. The number of aromatic nitrogens is 4. The Morgan fingerprint density at radius 3 is 2.87 bits per heavy atom. The Bertz CT molecular complexity index is 1210. The lowest BCUT2D eigenvalue weighted by Crippen LogP contribution is -2.11. The number of H-pyrrole nitrogens is 1. The van der Waals surface area contributed by atoms with Crippen LogP contribution in [-0.4, -0.2) is 32.6 Å². The van der Waals surface area contributed by atoms with Crippen molar-refractivity contribution in [2.24, 2.45) is 0 Å². The highest BCUT2D eigenvalue weighted by Crippen LogP contribution is 2.23. The molecule has 3 aromatic heterocycles. The number of nitrogens with one attached hydrogen (secondary N) is 2. The van der Waals surface area contributed by atoms with Gasteiger partial charge in [0.2, 0.25) is 5.88 Å². The average Bonchev–Trinajstić information content (AvgIpc) is 3.16. The largest absolute Gasteiger partial charge is 0.475 e. The van der Waals surface area contributed by atoms with Crippen LogP contribution in [0.1, 0.15) is 25.0 Å². The van der Waals surface area contributed by atoms with Gasteiger partial charge in [0, 0.05) is 47.7 Å². The first-order valence-electron chi connectivity index (χ1n) is 9.82. The molecule has 1 aromatic carbocycles. The standard InChI is InChI=1S/C23H22N6O/c1-15(2)30-22-10-21(28-23(29-22)18-9-16(11-24)12-25-13-18)26-8-7-17-14-27-20-6-4-3-5-19(17)20/h3-6,9-10,12-15,27H,7-8H2,1-2H3,(H,26,28,29). The van der Waals surface area contributed by atoms with E-state index in [0.717, 1.165) is 11.9 Å². The van der Waals surface area contributed by atoms with Crippen molar-refractivity contribution in [3.05, 3.63) is 66.1 Å². The zero-order valence-electron chi connectivity index (χ0n) is 16.9. The molecule has 0 radical (unpaired) electrons. The van der Waals surface area contributed by atoms with Gasteiger partial charge in [-0.25, -0.2) is 4.98 Å². The molecule has 2 N–H and O–H groups in total. The number of ether oxygens (including phenoxy) is 1. The first kappa shape index (κ1) is 19.4. The van der Waals surface area contributed by atoms with E-state index in [0.29, 0.717) is 35.2 Å². The molecule has 0 bridgehead atoms. The van der Waals surface area contributed by atoms with Crippen molar-refractivity contribution in [3.8, 4) is 23.3 Å². The maximum absolute atomic E-state index is 9.15. The summed E-state index contributed by atoms with van der Waals surface area (Å²) in [6.45, 7) is 4.60. The molecule has 0 spiro atoms. The van der Waals surface area contributed by atoms with Crippen molar-refractivity contribution in [1.29, 1.82) is 5.26 Å². The van der Waals surface area contributed by atoms with Crippen molar-refractivity contribution in [3.63, 3.8) is 0 Å². The number of nitrogens with zero attached hydrogens (tertiary/aromatic N) is 4. The maximum atomic E-state index is 9.15. The molecule has 0 atom stereocenters. The summed E-state index contributed by atoms with van der Waals surface area (Å²) in [6, 6.07) is 13.9. The third kappa shape index (κ3) is 4.39. The summed E-state index contributed by atoms with van der Waals surface area (Å²) >= 11 is 0. The van der Waals surface area contributed by atoms with Crippen LogP contribution in [0.4, 0.5) is 5.82 Å². The molecule has 4 aromatic rings. The Hall–Kier alpha value is -3.92. The first-order valence-corrected chi connectivity index (χ1v) is 9.82. The van der Waals surface area contributed by atoms with Gasteiger partial charge in [0.15, 0.2) is 5.82 Å². The second-order valence-corrected chi connectivity index (χ2v) is 7.19. The Labute approximate surface area is 174 Å². The molecule has 0 saturated carbocycles. The fourth-order valence-corrected chi connectivity index (χ4v) is 3.23. The summed E-state index contributed by atoms with van der Waals surface area (Å²) in [6.07, 6.45) is 6.03. The van der Waals surface area contributed by atoms with Gasteiger partial charge in [-0.3, -0.25) is 4.98 Å². The molecule has 0 fully saturated rings. The summed E-state index contributed by atoms with van der Waals surface area (Å²) < 4.78 is 5.80. The highest BCUT2D eigenvalue weighted by atomic mass is 16.5. The number of pyridine rings is 1. The number of rotatable bonds is 7. The van der Waals surface area contributed by atoms with E-state index in [1.54, 1.807) is 18.3 Å². The number of para-hydroxylation sites is 1. The number of benzene rings is 1. The summed E-state index contributed by atoms with van der Waals surface area (Å²) in [5.41, 5.74) is 3.51. The Kier molecular flexibility index (Phi) is 5.57. The van der Waals surface area contributed by atoms with Crippen molar-refractivity contribution in [2.45, 2.75) is 26.4 Å². The van der Waals surface area contributed by atoms with Gasteiger partial charge in [0.25, 0.3) is 0 Å². The summed E-state index contributed by atoms with van der Waals surface area (Å²) in [4.78, 5) is 16.5. The molecular formula is C23H22N6O. The van der Waals surface area contributed by atoms with E-state index in [1.165, 1.54) is 17.1 Å². The lowest BCUT2D eigenvalue weighted by molar-refractivity contribution is 0.232. The predicted molar refractivity (Wildman–Crippen MR) is 116 cm³/mol. The topological polar surface area (TPSA) is 99.5 Å². The average molecular weight is 398 g/mol. The van der Waals surface area contributed by atoms with Gasteiger partial charge in [0.05, 0.1) is 11.7 Å². The van der Waals surface area contributed by atoms with Gasteiger partial charge < -0.3 is 15.0 Å². The molecule has 0 amide bonds. The van der Waals surface area contributed by atoms with Crippen LogP contribution in [0.2, 0.25) is 0 Å². The number of nitriles is 1. The van der Waals surface area contributed by atoms with Gasteiger partial charge in [-0.1, -0.05) is 18.2 Å². The van der Waals surface area contributed by atoms with Crippen LogP contribution in [0.25, 0.3) is 22.3 Å². The highest BCUT2D eigenvalue weighted by molar-refractivity contribution is 5.83. The molecule has 0 aliphatic rings. The van der Waals surface area contributed by atoms with Crippen LogP contribution in [0.3, 0.4) is 0 Å². The number of hydrogen-bond donors (Lipinski definition) is 2. The van der Waals surface area contributed by atoms with Crippen LogP contribution < -0.4 is 10.1 Å². The summed E-state index contributed by atoms with van der Waals surface area (Å²) in [5, 5.41) is 13.7. The second kappa shape index (κ2) is 8.62. The van der Waals surface area contributed by atoms with Crippen LogP contribution in [-0.2, 0) is 6.42 Å². The van der Waals surface area contributed by atoms with E-state index < -0.39 is 0 Å². The molecule has 150 valence electrons. The molecule has 4 rings (SSSR count). The van der Waals surface area contributed by atoms with E-state index in [2.05, 4.69) is 43.5 Å². The van der Waals surface area contributed by atoms with Crippen molar-refractivity contribution in [1.82, 2.24) is 19.9 Å². The van der Waals surface area contributed by atoms with E-state index in [-0.39, 0.29) is 6.10 Å². The van der Waals surface area contributed by atoms with Gasteiger partial charge >= 0.3 is 0 Å². The minimum atomic E-state index is -0.0182. The molecule has 0 aliphatic heterocycles. The molecule has 0 unspecified atom stereocenters. The fourth-order valence-electron chi connectivity index (χ4n) is 3.23. The summed E-state index contributed by atoms with van der Waals surface area (Å²) in [7, 11) is 0. The van der Waals surface area contributed by atoms with Gasteiger partial charge in [0.1, 0.15) is 11.9 Å². The van der Waals surface area contributed by atoms with Crippen LogP contribution >= 0.6 is 0 Å². The Morgan fingerprint density at radius 2 is 2.03 bits per heavy atom. The Morgan fingerprint density at radius 1 is 1.17 bits per heavy atom.